The van der Waals surface area contributed by atoms with Crippen LogP contribution in [0.1, 0.15) is 36.1 Å². The van der Waals surface area contributed by atoms with Crippen LogP contribution in [0.2, 0.25) is 0 Å². The van der Waals surface area contributed by atoms with Gasteiger partial charge < -0.3 is 4.74 Å². The van der Waals surface area contributed by atoms with E-state index >= 15 is 0 Å². The number of allylic oxidation sites excluding steroid dienone is 1. The first-order valence-electron chi connectivity index (χ1n) is 9.36. The highest BCUT2D eigenvalue weighted by Gasteiger charge is 2.10. The van der Waals surface area contributed by atoms with Crippen LogP contribution in [0.5, 0.6) is 0 Å². The summed E-state index contributed by atoms with van der Waals surface area (Å²) in [6, 6.07) is 30.8. The van der Waals surface area contributed by atoms with Gasteiger partial charge in [-0.3, -0.25) is 0 Å². The molecule has 3 rings (SSSR count). The molecule has 0 aliphatic carbocycles. The summed E-state index contributed by atoms with van der Waals surface area (Å²) in [6.45, 7) is 2.72. The number of benzene rings is 3. The van der Waals surface area contributed by atoms with Crippen molar-refractivity contribution >= 4 is 5.57 Å². The third-order valence-corrected chi connectivity index (χ3v) is 4.28. The van der Waals surface area contributed by atoms with Crippen LogP contribution in [-0.2, 0) is 4.74 Å². The number of hydrogen-bond acceptors (Lipinski definition) is 1. The van der Waals surface area contributed by atoms with Gasteiger partial charge in [-0.25, -0.2) is 0 Å². The SMILES string of the molecule is CCOC(C/C=C(\C#Cc1ccccc1)c1ccccc1)c1ccccc1. The Hall–Kier alpha value is -3.08. The number of rotatable bonds is 6. The standard InChI is InChI=1S/C26H24O/c1-2-27-26(25-16-10-5-11-17-25)21-20-24(23-14-8-4-9-15-23)19-18-22-12-6-3-7-13-22/h3-17,20,26H,2,21H2,1H3/b24-20+. The summed E-state index contributed by atoms with van der Waals surface area (Å²) in [5, 5.41) is 0. The second kappa shape index (κ2) is 10.2. The van der Waals surface area contributed by atoms with E-state index in [0.29, 0.717) is 6.61 Å². The van der Waals surface area contributed by atoms with Crippen molar-refractivity contribution in [2.45, 2.75) is 19.4 Å². The van der Waals surface area contributed by atoms with E-state index in [0.717, 1.165) is 23.1 Å². The lowest BCUT2D eigenvalue weighted by molar-refractivity contribution is 0.0648. The Morgan fingerprint density at radius 2 is 1.44 bits per heavy atom. The molecule has 0 aromatic heterocycles. The molecule has 3 aromatic carbocycles. The van der Waals surface area contributed by atoms with Crippen LogP contribution >= 0.6 is 0 Å². The Balaban J connectivity index is 1.89. The maximum Gasteiger partial charge on any atom is 0.0859 e. The lowest BCUT2D eigenvalue weighted by Gasteiger charge is -2.16. The largest absolute Gasteiger partial charge is 0.373 e. The first-order valence-corrected chi connectivity index (χ1v) is 9.36. The third kappa shape index (κ3) is 5.71. The van der Waals surface area contributed by atoms with E-state index in [4.69, 9.17) is 4.74 Å². The van der Waals surface area contributed by atoms with Gasteiger partial charge in [-0.15, -0.1) is 0 Å². The highest BCUT2D eigenvalue weighted by atomic mass is 16.5. The lowest BCUT2D eigenvalue weighted by Crippen LogP contribution is -2.03. The molecule has 0 spiro atoms. The molecule has 0 aliphatic heterocycles. The van der Waals surface area contributed by atoms with Gasteiger partial charge in [0.15, 0.2) is 0 Å². The fourth-order valence-electron chi connectivity index (χ4n) is 2.91. The third-order valence-electron chi connectivity index (χ3n) is 4.28. The molecule has 0 N–H and O–H groups in total. The summed E-state index contributed by atoms with van der Waals surface area (Å²) in [7, 11) is 0. The molecule has 134 valence electrons. The zero-order valence-corrected chi connectivity index (χ0v) is 15.6. The second-order valence-electron chi connectivity index (χ2n) is 6.19. The van der Waals surface area contributed by atoms with Crippen molar-refractivity contribution in [3.8, 4) is 11.8 Å². The maximum atomic E-state index is 5.98. The minimum atomic E-state index is 0.0356. The molecule has 27 heavy (non-hydrogen) atoms. The topological polar surface area (TPSA) is 9.23 Å². The normalized spacial score (nSPS) is 12.1. The van der Waals surface area contributed by atoms with Crippen LogP contribution in [-0.4, -0.2) is 6.61 Å². The Morgan fingerprint density at radius 3 is 2.07 bits per heavy atom. The van der Waals surface area contributed by atoms with Crippen LogP contribution in [0.15, 0.2) is 97.1 Å². The van der Waals surface area contributed by atoms with E-state index in [1.165, 1.54) is 5.56 Å². The second-order valence-corrected chi connectivity index (χ2v) is 6.19. The summed E-state index contributed by atoms with van der Waals surface area (Å²) >= 11 is 0. The van der Waals surface area contributed by atoms with Crippen molar-refractivity contribution in [1.29, 1.82) is 0 Å². The van der Waals surface area contributed by atoms with E-state index < -0.39 is 0 Å². The molecular weight excluding hydrogens is 328 g/mol. The van der Waals surface area contributed by atoms with Crippen LogP contribution in [0, 0.1) is 11.8 Å². The first kappa shape index (κ1) is 18.7. The van der Waals surface area contributed by atoms with Crippen LogP contribution in [0.25, 0.3) is 5.57 Å². The quantitative estimate of drug-likeness (QED) is 0.474. The van der Waals surface area contributed by atoms with Gasteiger partial charge in [0, 0.05) is 17.7 Å². The number of hydrogen-bond donors (Lipinski definition) is 0. The highest BCUT2D eigenvalue weighted by Crippen LogP contribution is 2.24. The van der Waals surface area contributed by atoms with E-state index in [9.17, 15) is 0 Å². The molecule has 0 saturated heterocycles. The predicted octanol–water partition coefficient (Wildman–Crippen LogP) is 6.29. The van der Waals surface area contributed by atoms with Crippen molar-refractivity contribution in [2.75, 3.05) is 6.61 Å². The minimum absolute atomic E-state index is 0.0356. The molecule has 1 nitrogen and oxygen atoms in total. The molecule has 0 bridgehead atoms. The zero-order chi connectivity index (χ0) is 18.7. The van der Waals surface area contributed by atoms with Crippen molar-refractivity contribution < 1.29 is 4.74 Å². The average Bonchev–Trinajstić information content (AvgIpc) is 2.75. The summed E-state index contributed by atoms with van der Waals surface area (Å²) in [5.41, 5.74) is 4.37. The first-order chi connectivity index (χ1) is 13.4. The Morgan fingerprint density at radius 1 is 0.852 bits per heavy atom. The fourth-order valence-corrected chi connectivity index (χ4v) is 2.91. The molecule has 0 saturated carbocycles. The van der Waals surface area contributed by atoms with E-state index in [2.05, 4.69) is 54.3 Å². The molecule has 0 fully saturated rings. The molecule has 1 heteroatoms. The monoisotopic (exact) mass is 352 g/mol. The average molecular weight is 352 g/mol. The minimum Gasteiger partial charge on any atom is -0.373 e. The highest BCUT2D eigenvalue weighted by molar-refractivity contribution is 5.79. The van der Waals surface area contributed by atoms with Crippen LogP contribution < -0.4 is 0 Å². The summed E-state index contributed by atoms with van der Waals surface area (Å²) < 4.78 is 5.98. The molecular formula is C26H24O. The summed E-state index contributed by atoms with van der Waals surface area (Å²) in [5.74, 6) is 6.64. The molecule has 0 aliphatic rings. The van der Waals surface area contributed by atoms with Gasteiger partial charge in [0.2, 0.25) is 0 Å². The zero-order valence-electron chi connectivity index (χ0n) is 15.6. The Kier molecular flexibility index (Phi) is 7.04. The van der Waals surface area contributed by atoms with Crippen LogP contribution in [0.3, 0.4) is 0 Å². The number of ether oxygens (including phenoxy) is 1. The molecule has 3 aromatic rings. The van der Waals surface area contributed by atoms with Gasteiger partial charge in [-0.1, -0.05) is 96.8 Å². The Bertz CT molecular complexity index is 900. The Labute approximate surface area is 162 Å². The smallest absolute Gasteiger partial charge is 0.0859 e. The molecule has 1 atom stereocenters. The van der Waals surface area contributed by atoms with Gasteiger partial charge in [-0.2, -0.15) is 0 Å². The molecule has 0 amide bonds. The van der Waals surface area contributed by atoms with E-state index in [1.807, 2.05) is 61.5 Å². The van der Waals surface area contributed by atoms with Gasteiger partial charge in [-0.05, 0) is 36.6 Å². The molecule has 0 radical (unpaired) electrons. The molecule has 1 unspecified atom stereocenters. The van der Waals surface area contributed by atoms with Crippen molar-refractivity contribution in [1.82, 2.24) is 0 Å². The van der Waals surface area contributed by atoms with Crippen molar-refractivity contribution in [3.63, 3.8) is 0 Å². The predicted molar refractivity (Wildman–Crippen MR) is 113 cm³/mol. The fraction of sp³-hybridized carbons (Fsp3) is 0.154. The van der Waals surface area contributed by atoms with E-state index in [-0.39, 0.29) is 6.10 Å². The van der Waals surface area contributed by atoms with Gasteiger partial charge >= 0.3 is 0 Å². The van der Waals surface area contributed by atoms with Crippen molar-refractivity contribution in [3.05, 3.63) is 114 Å². The van der Waals surface area contributed by atoms with Crippen molar-refractivity contribution in [2.24, 2.45) is 0 Å². The van der Waals surface area contributed by atoms with E-state index in [1.54, 1.807) is 0 Å². The van der Waals surface area contributed by atoms with Gasteiger partial charge in [0.25, 0.3) is 0 Å². The van der Waals surface area contributed by atoms with Crippen LogP contribution in [0.4, 0.5) is 0 Å². The summed E-state index contributed by atoms with van der Waals surface area (Å²) in [6.07, 6.45) is 3.01. The maximum absolute atomic E-state index is 5.98. The molecule has 0 heterocycles. The lowest BCUT2D eigenvalue weighted by atomic mass is 10.0. The van der Waals surface area contributed by atoms with Gasteiger partial charge in [0.05, 0.1) is 6.10 Å². The van der Waals surface area contributed by atoms with Gasteiger partial charge in [0.1, 0.15) is 0 Å². The summed E-state index contributed by atoms with van der Waals surface area (Å²) in [4.78, 5) is 0.